The Hall–Kier alpha value is -3.35. The molecule has 0 bridgehead atoms. The summed E-state index contributed by atoms with van der Waals surface area (Å²) in [5.74, 6) is -57.5. The maximum Gasteiger partial charge on any atom is 0.385 e. The maximum absolute atomic E-state index is 14.0. The zero-order chi connectivity index (χ0) is 33.4. The lowest BCUT2D eigenvalue weighted by molar-refractivity contribution is -0.447. The summed E-state index contributed by atoms with van der Waals surface area (Å²) < 4.78 is 218. The summed E-state index contributed by atoms with van der Waals surface area (Å²) in [6.45, 7) is -1.38. The van der Waals surface area contributed by atoms with Crippen molar-refractivity contribution in [2.45, 2.75) is 67.6 Å². The van der Waals surface area contributed by atoms with Crippen LogP contribution in [0.5, 0.6) is 0 Å². The monoisotopic (exact) mass is 656 g/mol. The van der Waals surface area contributed by atoms with E-state index in [4.69, 9.17) is 0 Å². The number of hydrogen-bond donors (Lipinski definition) is 0. The molecule has 4 nitrogen and oxygen atoms in total. The lowest BCUT2D eigenvalue weighted by Gasteiger charge is -2.42. The van der Waals surface area contributed by atoms with Crippen LogP contribution in [0.3, 0.4) is 0 Å². The fraction of sp³-hybridized carbons (Fsp3) is 0.522. The number of ether oxygens (including phenoxy) is 1. The van der Waals surface area contributed by atoms with Gasteiger partial charge in [0.05, 0.1) is 5.56 Å². The van der Waals surface area contributed by atoms with E-state index in [0.29, 0.717) is 6.42 Å². The van der Waals surface area contributed by atoms with E-state index in [-0.39, 0.29) is 11.4 Å². The van der Waals surface area contributed by atoms with Crippen LogP contribution in [-0.2, 0) is 11.2 Å². The van der Waals surface area contributed by atoms with Crippen LogP contribution in [0, 0.1) is 0 Å². The third kappa shape index (κ3) is 5.92. The number of halogens is 16. The van der Waals surface area contributed by atoms with Crippen molar-refractivity contribution in [1.29, 1.82) is 0 Å². The van der Waals surface area contributed by atoms with Crippen molar-refractivity contribution < 1.29 is 79.8 Å². The second kappa shape index (κ2) is 11.6. The van der Waals surface area contributed by atoms with Crippen molar-refractivity contribution in [3.63, 3.8) is 0 Å². The Kier molecular flexibility index (Phi) is 9.69. The summed E-state index contributed by atoms with van der Waals surface area (Å²) in [7, 11) is 0. The Morgan fingerprint density at radius 1 is 0.721 bits per heavy atom. The van der Waals surface area contributed by atoms with Gasteiger partial charge in [0.1, 0.15) is 0 Å². The third-order valence-corrected chi connectivity index (χ3v) is 5.74. The fourth-order valence-corrected chi connectivity index (χ4v) is 3.17. The van der Waals surface area contributed by atoms with Crippen LogP contribution in [-0.4, -0.2) is 70.4 Å². The van der Waals surface area contributed by atoms with E-state index in [1.165, 1.54) is 12.4 Å². The first-order valence-electron chi connectivity index (χ1n) is 11.3. The minimum atomic E-state index is -8.52. The maximum atomic E-state index is 14.0. The van der Waals surface area contributed by atoms with Gasteiger partial charge in [-0.15, -0.1) is 0 Å². The Morgan fingerprint density at radius 2 is 1.16 bits per heavy atom. The number of hydrogen-bond acceptors (Lipinski definition) is 4. The molecule has 0 radical (unpaired) electrons. The predicted octanol–water partition coefficient (Wildman–Crippen LogP) is 7.97. The molecule has 0 amide bonds. The highest BCUT2D eigenvalue weighted by Crippen LogP contribution is 2.62. The topological polar surface area (TPSA) is 52.1 Å². The highest BCUT2D eigenvalue weighted by molar-refractivity contribution is 5.90. The number of carbonyl (C=O) groups excluding carboxylic acids is 1. The molecule has 0 aliphatic heterocycles. The standard InChI is InChI=1S/C23H16F16N2O2/c1-2-3-11-8-40-14(41-9-11)12-4-6-13(7-5-12)15(42)43-10-17(26,27)19(30,31)21(34,35)23(38,39)22(36,37)20(32,33)18(28,29)16(24)25/h4-9,16H,2-3,10H2,1H3. The largest absolute Gasteiger partial charge is 0.455 e. The molecule has 0 N–H and O–H groups in total. The minimum Gasteiger partial charge on any atom is -0.455 e. The highest BCUT2D eigenvalue weighted by atomic mass is 19.4. The average Bonchev–Trinajstić information content (AvgIpc) is 2.91. The number of benzene rings is 1. The van der Waals surface area contributed by atoms with Gasteiger partial charge in [-0.25, -0.2) is 23.5 Å². The molecule has 2 aromatic rings. The average molecular weight is 656 g/mol. The molecule has 0 aliphatic carbocycles. The first-order chi connectivity index (χ1) is 19.3. The summed E-state index contributed by atoms with van der Waals surface area (Å²) in [6.07, 6.45) is -1.60. The van der Waals surface area contributed by atoms with Gasteiger partial charge in [0.15, 0.2) is 12.4 Å². The van der Waals surface area contributed by atoms with Crippen LogP contribution in [0.15, 0.2) is 36.7 Å². The third-order valence-electron chi connectivity index (χ3n) is 5.74. The molecule has 2 rings (SSSR count). The van der Waals surface area contributed by atoms with Crippen molar-refractivity contribution in [1.82, 2.24) is 9.97 Å². The number of carbonyl (C=O) groups is 1. The molecule has 0 spiro atoms. The molecular formula is C23H16F16N2O2. The summed E-state index contributed by atoms with van der Waals surface area (Å²) in [5.41, 5.74) is 0.215. The molecular weight excluding hydrogens is 640 g/mol. The van der Waals surface area contributed by atoms with E-state index in [1.807, 2.05) is 6.92 Å². The number of rotatable bonds is 13. The molecule has 242 valence electrons. The van der Waals surface area contributed by atoms with Gasteiger partial charge in [-0.1, -0.05) is 25.5 Å². The lowest BCUT2D eigenvalue weighted by Crippen LogP contribution is -2.74. The quantitative estimate of drug-likeness (QED) is 0.162. The lowest BCUT2D eigenvalue weighted by atomic mass is 9.89. The SMILES string of the molecule is CCCc1cnc(-c2ccc(C(=O)OCC(F)(F)C(F)(F)C(F)(F)C(F)(F)C(F)(F)C(F)(F)C(F)(F)C(F)F)cc2)nc1. The van der Waals surface area contributed by atoms with Crippen molar-refractivity contribution in [3.05, 3.63) is 47.8 Å². The molecule has 43 heavy (non-hydrogen) atoms. The first kappa shape index (κ1) is 35.8. The normalized spacial score (nSPS) is 14.3. The summed E-state index contributed by atoms with van der Waals surface area (Å²) in [5, 5.41) is 0. The van der Waals surface area contributed by atoms with Gasteiger partial charge in [-0.2, -0.15) is 61.5 Å². The molecule has 0 fully saturated rings. The van der Waals surface area contributed by atoms with Gasteiger partial charge in [-0.3, -0.25) is 0 Å². The summed E-state index contributed by atoms with van der Waals surface area (Å²) in [6, 6.07) is 3.74. The van der Waals surface area contributed by atoms with Crippen molar-refractivity contribution in [2.24, 2.45) is 0 Å². The second-order valence-corrected chi connectivity index (χ2v) is 8.82. The number of nitrogens with zero attached hydrogens (tertiary/aromatic N) is 2. The van der Waals surface area contributed by atoms with E-state index < -0.39 is 66.0 Å². The number of aromatic nitrogens is 2. The smallest absolute Gasteiger partial charge is 0.385 e. The van der Waals surface area contributed by atoms with Crippen molar-refractivity contribution in [3.8, 4) is 11.4 Å². The number of esters is 1. The van der Waals surface area contributed by atoms with Gasteiger partial charge in [0.25, 0.3) is 0 Å². The molecule has 20 heteroatoms. The van der Waals surface area contributed by atoms with Crippen molar-refractivity contribution >= 4 is 5.97 Å². The number of aryl methyl sites for hydroxylation is 1. The Balaban J connectivity index is 2.27. The summed E-state index contributed by atoms with van der Waals surface area (Å²) in [4.78, 5) is 20.0. The van der Waals surface area contributed by atoms with Gasteiger partial charge in [0, 0.05) is 18.0 Å². The van der Waals surface area contributed by atoms with E-state index >= 15 is 0 Å². The molecule has 0 saturated carbocycles. The van der Waals surface area contributed by atoms with Gasteiger partial charge < -0.3 is 4.74 Å². The van der Waals surface area contributed by atoms with Crippen LogP contribution in [0.25, 0.3) is 11.4 Å². The van der Waals surface area contributed by atoms with E-state index in [9.17, 15) is 75.0 Å². The zero-order valence-electron chi connectivity index (χ0n) is 20.9. The fourth-order valence-electron chi connectivity index (χ4n) is 3.17. The zero-order valence-corrected chi connectivity index (χ0v) is 20.9. The van der Waals surface area contributed by atoms with E-state index in [2.05, 4.69) is 14.7 Å². The van der Waals surface area contributed by atoms with Gasteiger partial charge >= 0.3 is 53.9 Å². The van der Waals surface area contributed by atoms with E-state index in [1.54, 1.807) is 0 Å². The van der Waals surface area contributed by atoms with Gasteiger partial charge in [-0.05, 0) is 24.1 Å². The Morgan fingerprint density at radius 3 is 1.60 bits per heavy atom. The van der Waals surface area contributed by atoms with Crippen LogP contribution in [0.1, 0.15) is 29.3 Å². The number of alkyl halides is 16. The molecule has 0 aliphatic rings. The van der Waals surface area contributed by atoms with Crippen LogP contribution in [0.4, 0.5) is 70.2 Å². The van der Waals surface area contributed by atoms with E-state index in [0.717, 1.165) is 36.2 Å². The molecule has 0 atom stereocenters. The predicted molar refractivity (Wildman–Crippen MR) is 112 cm³/mol. The molecule has 1 aromatic heterocycles. The molecule has 1 aromatic carbocycles. The van der Waals surface area contributed by atoms with Crippen LogP contribution >= 0.6 is 0 Å². The highest BCUT2D eigenvalue weighted by Gasteiger charge is 2.93. The first-order valence-corrected chi connectivity index (χ1v) is 11.3. The Labute approximate surface area is 230 Å². The second-order valence-electron chi connectivity index (χ2n) is 8.82. The van der Waals surface area contributed by atoms with Crippen molar-refractivity contribution in [2.75, 3.05) is 6.61 Å². The molecule has 0 saturated heterocycles. The van der Waals surface area contributed by atoms with Crippen LogP contribution < -0.4 is 0 Å². The Bertz CT molecular complexity index is 1270. The minimum absolute atomic E-state index is 0.0859. The van der Waals surface area contributed by atoms with Gasteiger partial charge in [0.2, 0.25) is 0 Å². The summed E-state index contributed by atoms with van der Waals surface area (Å²) >= 11 is 0. The molecule has 0 unspecified atom stereocenters. The van der Waals surface area contributed by atoms with Crippen LogP contribution in [0.2, 0.25) is 0 Å². The molecule has 1 heterocycles.